The summed E-state index contributed by atoms with van der Waals surface area (Å²) in [6.45, 7) is 3.21. The van der Waals surface area contributed by atoms with Crippen molar-refractivity contribution in [3.05, 3.63) is 48.6 Å². The summed E-state index contributed by atoms with van der Waals surface area (Å²) >= 11 is 0. The Hall–Kier alpha value is -2.19. The molecule has 0 bridgehead atoms. The molecule has 6 N–H and O–H groups in total. The maximum Gasteiger partial charge on any atom is 0.472 e. The molecule has 1 fully saturated rings. The zero-order chi connectivity index (χ0) is 43.6. The zero-order valence-electron chi connectivity index (χ0n) is 36.0. The highest BCUT2D eigenvalue weighted by atomic mass is 31.2. The Morgan fingerprint density at radius 1 is 0.525 bits per heavy atom. The lowest BCUT2D eigenvalue weighted by atomic mass is 9.85. The number of esters is 2. The van der Waals surface area contributed by atoms with E-state index in [2.05, 4.69) is 50.3 Å². The standard InChI is InChI=1S/C45H79O13P/c1-3-5-7-9-11-13-15-17-18-19-20-22-23-25-27-29-31-33-38(46)55-35-37(36-56-59(53,54)58-45-43(51)41(49)40(48)42(50)44(45)52)57-39(47)34-32-30-28-26-24-21-16-14-12-10-8-6-4-2/h11,13,17-18,20,22,25,27,37,40-45,48-52H,3-10,12,14-16,19,21,23-24,26,28-36H2,1-2H3,(H,53,54)/b13-11-,18-17-,22-20-,27-25-/t37-,40?,41-,42?,43?,44?,45?/m1/s1. The average Bonchev–Trinajstić information content (AvgIpc) is 3.21. The van der Waals surface area contributed by atoms with E-state index in [1.54, 1.807) is 0 Å². The van der Waals surface area contributed by atoms with Crippen molar-refractivity contribution in [1.29, 1.82) is 0 Å². The Kier molecular flexibility index (Phi) is 32.9. The largest absolute Gasteiger partial charge is 0.472 e. The molecule has 0 amide bonds. The summed E-state index contributed by atoms with van der Waals surface area (Å²) in [5.41, 5.74) is 0. The smallest absolute Gasteiger partial charge is 0.462 e. The minimum atomic E-state index is -5.13. The Bertz CT molecular complexity index is 1220. The third-order valence-electron chi connectivity index (χ3n) is 10.2. The Morgan fingerprint density at radius 2 is 0.932 bits per heavy atom. The second-order valence-corrected chi connectivity index (χ2v) is 17.0. The molecule has 1 aliphatic carbocycles. The van der Waals surface area contributed by atoms with Gasteiger partial charge in [0, 0.05) is 12.8 Å². The minimum Gasteiger partial charge on any atom is -0.462 e. The third kappa shape index (κ3) is 28.1. The van der Waals surface area contributed by atoms with Crippen LogP contribution in [0.5, 0.6) is 0 Å². The van der Waals surface area contributed by atoms with Gasteiger partial charge in [0.2, 0.25) is 0 Å². The number of rotatable bonds is 36. The molecule has 0 heterocycles. The molecule has 0 spiro atoms. The predicted molar refractivity (Wildman–Crippen MR) is 230 cm³/mol. The molecular weight excluding hydrogens is 779 g/mol. The summed E-state index contributed by atoms with van der Waals surface area (Å²) in [5, 5.41) is 50.1. The van der Waals surface area contributed by atoms with Crippen molar-refractivity contribution in [3.63, 3.8) is 0 Å². The van der Waals surface area contributed by atoms with Crippen LogP contribution in [0.2, 0.25) is 0 Å². The first kappa shape index (κ1) is 54.8. The summed E-state index contributed by atoms with van der Waals surface area (Å²) in [6.07, 6.45) is 27.5. The van der Waals surface area contributed by atoms with Crippen LogP contribution >= 0.6 is 7.82 Å². The van der Waals surface area contributed by atoms with Crippen molar-refractivity contribution < 1.29 is 63.1 Å². The summed E-state index contributed by atoms with van der Waals surface area (Å²) < 4.78 is 33.4. The van der Waals surface area contributed by atoms with Crippen LogP contribution in [0.25, 0.3) is 0 Å². The molecule has 0 aliphatic heterocycles. The normalized spacial score (nSPS) is 22.8. The van der Waals surface area contributed by atoms with Gasteiger partial charge < -0.3 is 39.9 Å². The summed E-state index contributed by atoms with van der Waals surface area (Å²) in [4.78, 5) is 35.6. The van der Waals surface area contributed by atoms with Gasteiger partial charge in [0.1, 0.15) is 43.2 Å². The van der Waals surface area contributed by atoms with Crippen molar-refractivity contribution in [2.75, 3.05) is 13.2 Å². The maximum atomic E-state index is 12.8. The fourth-order valence-electron chi connectivity index (χ4n) is 6.51. The van der Waals surface area contributed by atoms with Crippen LogP contribution in [0.3, 0.4) is 0 Å². The number of aliphatic hydroxyl groups is 5. The number of hydrogen-bond donors (Lipinski definition) is 6. The molecule has 59 heavy (non-hydrogen) atoms. The van der Waals surface area contributed by atoms with Gasteiger partial charge in [-0.15, -0.1) is 0 Å². The maximum absolute atomic E-state index is 12.8. The number of ether oxygens (including phenoxy) is 2. The van der Waals surface area contributed by atoms with Crippen molar-refractivity contribution in [2.45, 2.75) is 211 Å². The van der Waals surface area contributed by atoms with Gasteiger partial charge in [-0.2, -0.15) is 0 Å². The van der Waals surface area contributed by atoms with Crippen molar-refractivity contribution in [1.82, 2.24) is 0 Å². The van der Waals surface area contributed by atoms with Crippen LogP contribution in [-0.2, 0) is 32.7 Å². The van der Waals surface area contributed by atoms with Crippen LogP contribution in [-0.4, -0.2) is 98.3 Å². The first-order valence-corrected chi connectivity index (χ1v) is 23.9. The minimum absolute atomic E-state index is 0.0864. The lowest BCUT2D eigenvalue weighted by Gasteiger charge is -2.41. The third-order valence-corrected chi connectivity index (χ3v) is 11.2. The van der Waals surface area contributed by atoms with Crippen molar-refractivity contribution >= 4 is 19.8 Å². The van der Waals surface area contributed by atoms with Crippen molar-refractivity contribution in [3.8, 4) is 0 Å². The molecule has 14 heteroatoms. The van der Waals surface area contributed by atoms with Gasteiger partial charge in [0.25, 0.3) is 0 Å². The van der Waals surface area contributed by atoms with Crippen LogP contribution in [0.15, 0.2) is 48.6 Å². The first-order chi connectivity index (χ1) is 28.4. The number of allylic oxidation sites excluding steroid dienone is 8. The van der Waals surface area contributed by atoms with E-state index >= 15 is 0 Å². The molecule has 1 saturated carbocycles. The van der Waals surface area contributed by atoms with E-state index in [1.807, 2.05) is 12.2 Å². The molecule has 8 atom stereocenters. The lowest BCUT2D eigenvalue weighted by Crippen LogP contribution is -2.64. The van der Waals surface area contributed by atoms with Gasteiger partial charge in [0.15, 0.2) is 6.10 Å². The summed E-state index contributed by atoms with van der Waals surface area (Å²) in [7, 11) is -5.13. The number of carbonyl (C=O) groups excluding carboxylic acids is 2. The van der Waals surface area contributed by atoms with E-state index < -0.39 is 75.7 Å². The lowest BCUT2D eigenvalue weighted by molar-refractivity contribution is -0.220. The number of carbonyl (C=O) groups is 2. The Labute approximate surface area is 354 Å². The monoisotopic (exact) mass is 859 g/mol. The number of phosphoric ester groups is 1. The number of phosphoric acid groups is 1. The van der Waals surface area contributed by atoms with Crippen LogP contribution in [0, 0.1) is 0 Å². The summed E-state index contributed by atoms with van der Waals surface area (Å²) in [6, 6.07) is 0. The fourth-order valence-corrected chi connectivity index (χ4v) is 7.49. The molecule has 0 radical (unpaired) electrons. The number of hydrogen-bond acceptors (Lipinski definition) is 12. The molecule has 0 saturated heterocycles. The quantitative estimate of drug-likeness (QED) is 0.0152. The highest BCUT2D eigenvalue weighted by molar-refractivity contribution is 7.47. The number of aliphatic hydroxyl groups excluding tert-OH is 5. The predicted octanol–water partition coefficient (Wildman–Crippen LogP) is 8.39. The molecule has 0 aromatic carbocycles. The molecule has 6 unspecified atom stereocenters. The molecule has 13 nitrogen and oxygen atoms in total. The van der Waals surface area contributed by atoms with E-state index in [4.69, 9.17) is 18.5 Å². The highest BCUT2D eigenvalue weighted by Crippen LogP contribution is 2.47. The molecular formula is C45H79O13P. The Balaban J connectivity index is 2.52. The van der Waals surface area contributed by atoms with Gasteiger partial charge in [-0.3, -0.25) is 18.6 Å². The van der Waals surface area contributed by atoms with Gasteiger partial charge in [-0.1, -0.05) is 152 Å². The molecule has 1 rings (SSSR count). The SMILES string of the molecule is CCCCC/C=C\C/C=C\C/C=C\C/C=C\CCCC(=O)OC[C@H](COP(=O)(O)OC1C(O)C(O)C(O)[C@@H](O)C1O)OC(=O)CCCCCCCCCCCCCCC. The second-order valence-electron chi connectivity index (χ2n) is 15.6. The fraction of sp³-hybridized carbons (Fsp3) is 0.778. The highest BCUT2D eigenvalue weighted by Gasteiger charge is 2.51. The first-order valence-electron chi connectivity index (χ1n) is 22.4. The molecule has 0 aromatic heterocycles. The zero-order valence-corrected chi connectivity index (χ0v) is 36.9. The molecule has 342 valence electrons. The van der Waals surface area contributed by atoms with Crippen LogP contribution < -0.4 is 0 Å². The average molecular weight is 859 g/mol. The van der Waals surface area contributed by atoms with Crippen LogP contribution in [0.1, 0.15) is 168 Å². The van der Waals surface area contributed by atoms with E-state index in [9.17, 15) is 44.6 Å². The van der Waals surface area contributed by atoms with E-state index in [1.165, 1.54) is 70.6 Å². The van der Waals surface area contributed by atoms with E-state index in [0.29, 0.717) is 19.3 Å². The van der Waals surface area contributed by atoms with Gasteiger partial charge in [-0.05, 0) is 51.4 Å². The van der Waals surface area contributed by atoms with Gasteiger partial charge in [0.05, 0.1) is 6.61 Å². The Morgan fingerprint density at radius 3 is 1.44 bits per heavy atom. The van der Waals surface area contributed by atoms with Gasteiger partial charge >= 0.3 is 19.8 Å². The molecule has 1 aliphatic rings. The van der Waals surface area contributed by atoms with Gasteiger partial charge in [-0.25, -0.2) is 4.57 Å². The van der Waals surface area contributed by atoms with Crippen LogP contribution in [0.4, 0.5) is 0 Å². The van der Waals surface area contributed by atoms with Crippen molar-refractivity contribution in [2.24, 2.45) is 0 Å². The number of unbranched alkanes of at least 4 members (excludes halogenated alkanes) is 16. The summed E-state index contributed by atoms with van der Waals surface area (Å²) in [5.74, 6) is -1.16. The molecule has 0 aromatic rings. The second kappa shape index (κ2) is 35.4. The van der Waals surface area contributed by atoms with E-state index in [0.717, 1.165) is 51.4 Å². The van der Waals surface area contributed by atoms with E-state index in [-0.39, 0.29) is 12.8 Å². The topological polar surface area (TPSA) is 210 Å².